The molecule has 0 unspecified atom stereocenters. The maximum absolute atomic E-state index is 5.25. The van der Waals surface area contributed by atoms with Crippen LogP contribution in [0.1, 0.15) is 6.92 Å². The first-order valence-electron chi connectivity index (χ1n) is 8.59. The normalized spacial score (nSPS) is 12.1. The molecule has 0 atom stereocenters. The molecule has 27 heavy (non-hydrogen) atoms. The Morgan fingerprint density at radius 3 is 2.07 bits per heavy atom. The first-order valence-corrected chi connectivity index (χ1v) is 10.3. The number of hydrogen-bond acceptors (Lipinski definition) is 4. The van der Waals surface area contributed by atoms with Gasteiger partial charge in [0, 0.05) is 9.79 Å². The summed E-state index contributed by atoms with van der Waals surface area (Å²) in [6.45, 7) is 2.11. The molecule has 0 bridgehead atoms. The molecule has 0 saturated carbocycles. The minimum atomic E-state index is 0.854. The molecule has 0 aliphatic heterocycles. The van der Waals surface area contributed by atoms with Crippen molar-refractivity contribution < 1.29 is 4.74 Å². The fourth-order valence-corrected chi connectivity index (χ4v) is 3.95. The zero-order chi connectivity index (χ0) is 18.9. The van der Waals surface area contributed by atoms with E-state index in [0.717, 1.165) is 26.9 Å². The van der Waals surface area contributed by atoms with Crippen LogP contribution >= 0.6 is 23.5 Å². The average Bonchev–Trinajstić information content (AvgIpc) is 2.73. The molecule has 136 valence electrons. The number of ether oxygens (including phenoxy) is 1. The highest BCUT2D eigenvalue weighted by Crippen LogP contribution is 2.30. The van der Waals surface area contributed by atoms with Crippen molar-refractivity contribution in [2.24, 2.45) is 4.99 Å². The molecule has 3 aromatic rings. The van der Waals surface area contributed by atoms with E-state index < -0.39 is 0 Å². The Bertz CT molecular complexity index is 904. The van der Waals surface area contributed by atoms with Crippen LogP contribution < -0.4 is 4.74 Å². The van der Waals surface area contributed by atoms with Gasteiger partial charge in [-0.25, -0.2) is 4.99 Å². The minimum absolute atomic E-state index is 0.854. The van der Waals surface area contributed by atoms with Crippen LogP contribution in [-0.4, -0.2) is 12.2 Å². The number of rotatable bonds is 6. The van der Waals surface area contributed by atoms with E-state index in [9.17, 15) is 0 Å². The van der Waals surface area contributed by atoms with Crippen molar-refractivity contribution in [3.8, 4) is 5.75 Å². The van der Waals surface area contributed by atoms with Crippen LogP contribution in [0.4, 0.5) is 5.69 Å². The zero-order valence-electron chi connectivity index (χ0n) is 15.3. The second-order valence-electron chi connectivity index (χ2n) is 5.76. The molecule has 4 heteroatoms. The molecule has 0 aromatic heterocycles. The fourth-order valence-electron chi connectivity index (χ4n) is 2.27. The summed E-state index contributed by atoms with van der Waals surface area (Å²) in [5.41, 5.74) is 2.08. The molecule has 0 saturated heterocycles. The summed E-state index contributed by atoms with van der Waals surface area (Å²) in [7, 11) is 1.68. The fraction of sp³-hybridized carbons (Fsp3) is 0.0870. The third-order valence-electron chi connectivity index (χ3n) is 3.71. The molecule has 0 radical (unpaired) electrons. The van der Waals surface area contributed by atoms with Gasteiger partial charge in [-0.15, -0.1) is 0 Å². The lowest BCUT2D eigenvalue weighted by Gasteiger charge is -2.08. The van der Waals surface area contributed by atoms with Gasteiger partial charge < -0.3 is 4.74 Å². The van der Waals surface area contributed by atoms with Crippen molar-refractivity contribution in [3.05, 3.63) is 95.9 Å². The van der Waals surface area contributed by atoms with Crippen molar-refractivity contribution in [1.29, 1.82) is 0 Å². The van der Waals surface area contributed by atoms with Crippen LogP contribution in [0.2, 0.25) is 0 Å². The van der Waals surface area contributed by atoms with E-state index in [1.807, 2.05) is 48.5 Å². The van der Waals surface area contributed by atoms with Crippen LogP contribution in [0.5, 0.6) is 5.75 Å². The first-order chi connectivity index (χ1) is 13.2. The molecule has 3 rings (SSSR count). The average molecular weight is 392 g/mol. The third-order valence-corrected chi connectivity index (χ3v) is 5.84. The van der Waals surface area contributed by atoms with Gasteiger partial charge in [0.15, 0.2) is 0 Å². The van der Waals surface area contributed by atoms with Crippen LogP contribution in [0.15, 0.2) is 111 Å². The standard InChI is InChI=1S/C23H21NOS2/c1-18(17-26-21-11-7-4-8-12-21)23(24-19-9-5-3-6-10-19)27-22-15-13-20(25-2)14-16-22/h3-17H,1-2H3/b18-17+,24-23?. The van der Waals surface area contributed by atoms with Crippen LogP contribution in [-0.2, 0) is 0 Å². The summed E-state index contributed by atoms with van der Waals surface area (Å²) in [4.78, 5) is 7.22. The molecule has 0 aliphatic rings. The van der Waals surface area contributed by atoms with E-state index in [1.165, 1.54) is 4.90 Å². The molecule has 0 amide bonds. The predicted molar refractivity (Wildman–Crippen MR) is 118 cm³/mol. The van der Waals surface area contributed by atoms with Gasteiger partial charge in [0.2, 0.25) is 0 Å². The molecule has 0 heterocycles. The van der Waals surface area contributed by atoms with Crippen molar-refractivity contribution >= 4 is 34.3 Å². The molecule has 3 aromatic carbocycles. The second kappa shape index (κ2) is 10.0. The van der Waals surface area contributed by atoms with Crippen LogP contribution in [0, 0.1) is 0 Å². The smallest absolute Gasteiger partial charge is 0.118 e. The van der Waals surface area contributed by atoms with E-state index in [4.69, 9.17) is 9.73 Å². The van der Waals surface area contributed by atoms with Gasteiger partial charge in [-0.05, 0) is 66.4 Å². The summed E-state index contributed by atoms with van der Waals surface area (Å²) in [5, 5.41) is 3.14. The number of methoxy groups -OCH3 is 1. The molecular formula is C23H21NOS2. The Balaban J connectivity index is 1.85. The van der Waals surface area contributed by atoms with Gasteiger partial charge in [-0.2, -0.15) is 0 Å². The SMILES string of the molecule is COc1ccc(SC(=Nc2ccccc2)/C(C)=C/Sc2ccccc2)cc1. The predicted octanol–water partition coefficient (Wildman–Crippen LogP) is 7.21. The summed E-state index contributed by atoms with van der Waals surface area (Å²) in [5.74, 6) is 0.854. The van der Waals surface area contributed by atoms with E-state index in [-0.39, 0.29) is 0 Å². The summed E-state index contributed by atoms with van der Waals surface area (Å²) >= 11 is 3.37. The van der Waals surface area contributed by atoms with Crippen molar-refractivity contribution in [2.75, 3.05) is 7.11 Å². The highest BCUT2D eigenvalue weighted by molar-refractivity contribution is 8.14. The van der Waals surface area contributed by atoms with Crippen molar-refractivity contribution in [3.63, 3.8) is 0 Å². The van der Waals surface area contributed by atoms with Gasteiger partial charge in [-0.1, -0.05) is 59.9 Å². The molecule has 2 nitrogen and oxygen atoms in total. The number of nitrogens with zero attached hydrogens (tertiary/aromatic N) is 1. The maximum Gasteiger partial charge on any atom is 0.118 e. The van der Waals surface area contributed by atoms with Crippen molar-refractivity contribution in [1.82, 2.24) is 0 Å². The Kier molecular flexibility index (Phi) is 7.19. The molecule has 0 aliphatic carbocycles. The quantitative estimate of drug-likeness (QED) is 0.252. The number of hydrogen-bond donors (Lipinski definition) is 0. The van der Waals surface area contributed by atoms with Gasteiger partial charge in [0.1, 0.15) is 10.8 Å². The van der Waals surface area contributed by atoms with Gasteiger partial charge >= 0.3 is 0 Å². The Hall–Kier alpha value is -2.43. The number of para-hydroxylation sites is 1. The topological polar surface area (TPSA) is 21.6 Å². The van der Waals surface area contributed by atoms with Gasteiger partial charge in [-0.3, -0.25) is 0 Å². The highest BCUT2D eigenvalue weighted by atomic mass is 32.2. The van der Waals surface area contributed by atoms with Crippen LogP contribution in [0.25, 0.3) is 0 Å². The Labute approximate surface area is 169 Å². The van der Waals surface area contributed by atoms with E-state index >= 15 is 0 Å². The molecule has 0 N–H and O–H groups in total. The Morgan fingerprint density at radius 2 is 1.44 bits per heavy atom. The van der Waals surface area contributed by atoms with E-state index in [1.54, 1.807) is 30.6 Å². The summed E-state index contributed by atoms with van der Waals surface area (Å²) in [6, 6.07) is 28.5. The number of thioether (sulfide) groups is 2. The van der Waals surface area contributed by atoms with E-state index in [2.05, 4.69) is 48.7 Å². The van der Waals surface area contributed by atoms with E-state index in [0.29, 0.717) is 0 Å². The summed E-state index contributed by atoms with van der Waals surface area (Å²) in [6.07, 6.45) is 0. The summed E-state index contributed by atoms with van der Waals surface area (Å²) < 4.78 is 5.25. The second-order valence-corrected chi connectivity index (χ2v) is 7.77. The monoisotopic (exact) mass is 391 g/mol. The first kappa shape index (κ1) is 19.3. The van der Waals surface area contributed by atoms with Gasteiger partial charge in [0.25, 0.3) is 0 Å². The Morgan fingerprint density at radius 1 is 0.815 bits per heavy atom. The lowest BCUT2D eigenvalue weighted by atomic mass is 10.3. The largest absolute Gasteiger partial charge is 0.497 e. The molecule has 0 spiro atoms. The lowest BCUT2D eigenvalue weighted by molar-refractivity contribution is 0.414. The van der Waals surface area contributed by atoms with Gasteiger partial charge in [0.05, 0.1) is 12.8 Å². The van der Waals surface area contributed by atoms with Crippen LogP contribution in [0.3, 0.4) is 0 Å². The number of benzene rings is 3. The zero-order valence-corrected chi connectivity index (χ0v) is 17.0. The van der Waals surface area contributed by atoms with Crippen molar-refractivity contribution in [2.45, 2.75) is 16.7 Å². The molecule has 0 fully saturated rings. The molecular weight excluding hydrogens is 370 g/mol. The maximum atomic E-state index is 5.25. The highest BCUT2D eigenvalue weighted by Gasteiger charge is 2.07. The number of aliphatic imine (C=N–C) groups is 1. The minimum Gasteiger partial charge on any atom is -0.497 e. The lowest BCUT2D eigenvalue weighted by Crippen LogP contribution is -1.94. The third kappa shape index (κ3) is 6.05.